The molecule has 0 saturated carbocycles. The van der Waals surface area contributed by atoms with Gasteiger partial charge in [0.05, 0.1) is 0 Å². The lowest BCUT2D eigenvalue weighted by molar-refractivity contribution is -0.143. The number of esters is 1. The second kappa shape index (κ2) is 2.92. The number of hydrogen-bond donors (Lipinski definition) is 0. The van der Waals surface area contributed by atoms with E-state index in [1.807, 2.05) is 0 Å². The SMILES string of the molecule is CC(=O)OC1COC(=O)S1. The molecule has 0 aliphatic carbocycles. The Kier molecular flexibility index (Phi) is 2.16. The molecule has 0 aromatic heterocycles. The van der Waals surface area contributed by atoms with E-state index in [0.717, 1.165) is 11.8 Å². The summed E-state index contributed by atoms with van der Waals surface area (Å²) in [5.41, 5.74) is -0.440. The van der Waals surface area contributed by atoms with Crippen LogP contribution in [-0.4, -0.2) is 23.3 Å². The first-order valence-corrected chi connectivity index (χ1v) is 3.57. The number of carbonyl (C=O) groups excluding carboxylic acids is 2. The van der Waals surface area contributed by atoms with E-state index in [9.17, 15) is 9.59 Å². The van der Waals surface area contributed by atoms with Crippen molar-refractivity contribution in [1.29, 1.82) is 0 Å². The first-order chi connectivity index (χ1) is 4.68. The molecule has 0 spiro atoms. The van der Waals surface area contributed by atoms with Crippen LogP contribution < -0.4 is 0 Å². The molecule has 4 nitrogen and oxygen atoms in total. The zero-order valence-corrected chi connectivity index (χ0v) is 6.14. The van der Waals surface area contributed by atoms with Crippen LogP contribution in [0.15, 0.2) is 0 Å². The summed E-state index contributed by atoms with van der Waals surface area (Å²) in [4.78, 5) is 20.7. The molecule has 56 valence electrons. The normalized spacial score (nSPS) is 24.1. The Morgan fingerprint density at radius 1 is 1.90 bits per heavy atom. The molecular formula is C5H6O4S. The number of thioether (sulfide) groups is 1. The van der Waals surface area contributed by atoms with Gasteiger partial charge in [-0.1, -0.05) is 0 Å². The molecule has 10 heavy (non-hydrogen) atoms. The fraction of sp³-hybridized carbons (Fsp3) is 0.600. The Bertz CT molecular complexity index is 167. The summed E-state index contributed by atoms with van der Waals surface area (Å²) in [7, 11) is 0. The van der Waals surface area contributed by atoms with Crippen LogP contribution in [0.3, 0.4) is 0 Å². The molecule has 1 saturated heterocycles. The van der Waals surface area contributed by atoms with Gasteiger partial charge in [0.1, 0.15) is 6.61 Å². The van der Waals surface area contributed by atoms with Gasteiger partial charge in [-0.15, -0.1) is 0 Å². The summed E-state index contributed by atoms with van der Waals surface area (Å²) >= 11 is 0.890. The van der Waals surface area contributed by atoms with E-state index in [2.05, 4.69) is 9.47 Å². The second-order valence-corrected chi connectivity index (χ2v) is 2.81. The molecule has 1 atom stereocenters. The molecule has 0 aromatic rings. The molecule has 1 aliphatic heterocycles. The summed E-state index contributed by atoms with van der Waals surface area (Å²) in [5.74, 6) is -0.393. The van der Waals surface area contributed by atoms with Crippen molar-refractivity contribution in [1.82, 2.24) is 0 Å². The van der Waals surface area contributed by atoms with Gasteiger partial charge in [0.2, 0.25) is 0 Å². The van der Waals surface area contributed by atoms with E-state index < -0.39 is 11.4 Å². The van der Waals surface area contributed by atoms with Gasteiger partial charge in [-0.2, -0.15) is 0 Å². The molecule has 1 unspecified atom stereocenters. The maximum atomic E-state index is 10.4. The molecular weight excluding hydrogens is 156 g/mol. The van der Waals surface area contributed by atoms with Crippen molar-refractivity contribution in [3.8, 4) is 0 Å². The Morgan fingerprint density at radius 3 is 3.00 bits per heavy atom. The van der Waals surface area contributed by atoms with Crippen molar-refractivity contribution in [2.75, 3.05) is 6.61 Å². The van der Waals surface area contributed by atoms with Gasteiger partial charge in [-0.25, -0.2) is 4.79 Å². The number of ether oxygens (including phenoxy) is 2. The van der Waals surface area contributed by atoms with Gasteiger partial charge in [0.25, 0.3) is 0 Å². The minimum Gasteiger partial charge on any atom is -0.453 e. The van der Waals surface area contributed by atoms with E-state index in [1.54, 1.807) is 0 Å². The lowest BCUT2D eigenvalue weighted by atomic mass is 10.7. The summed E-state index contributed by atoms with van der Waals surface area (Å²) in [6, 6.07) is 0. The van der Waals surface area contributed by atoms with E-state index >= 15 is 0 Å². The lowest BCUT2D eigenvalue weighted by Crippen LogP contribution is -2.12. The van der Waals surface area contributed by atoms with Crippen molar-refractivity contribution in [3.05, 3.63) is 0 Å². The van der Waals surface area contributed by atoms with Gasteiger partial charge in [0, 0.05) is 18.7 Å². The highest BCUT2D eigenvalue weighted by molar-refractivity contribution is 8.14. The lowest BCUT2D eigenvalue weighted by Gasteiger charge is -2.03. The van der Waals surface area contributed by atoms with Crippen LogP contribution in [0, 0.1) is 0 Å². The summed E-state index contributed by atoms with van der Waals surface area (Å²) in [6.45, 7) is 1.46. The highest BCUT2D eigenvalue weighted by atomic mass is 32.2. The van der Waals surface area contributed by atoms with Crippen LogP contribution in [0.1, 0.15) is 6.92 Å². The van der Waals surface area contributed by atoms with Crippen LogP contribution >= 0.6 is 11.8 Å². The van der Waals surface area contributed by atoms with Gasteiger partial charge in [-0.05, 0) is 0 Å². The Hall–Kier alpha value is -0.710. The molecule has 1 heterocycles. The first-order valence-electron chi connectivity index (χ1n) is 2.69. The van der Waals surface area contributed by atoms with Gasteiger partial charge < -0.3 is 9.47 Å². The Labute approximate surface area is 61.9 Å². The molecule has 0 N–H and O–H groups in total. The Balaban J connectivity index is 2.31. The van der Waals surface area contributed by atoms with Gasteiger partial charge >= 0.3 is 11.3 Å². The van der Waals surface area contributed by atoms with Crippen molar-refractivity contribution in [2.45, 2.75) is 12.4 Å². The number of carbonyl (C=O) groups is 2. The fourth-order valence-corrected chi connectivity index (χ4v) is 1.23. The topological polar surface area (TPSA) is 52.6 Å². The molecule has 0 aromatic carbocycles. The summed E-state index contributed by atoms with van der Waals surface area (Å²) in [6.07, 6.45) is 0. The molecule has 1 rings (SSSR count). The van der Waals surface area contributed by atoms with Crippen LogP contribution in [0.5, 0.6) is 0 Å². The van der Waals surface area contributed by atoms with Crippen molar-refractivity contribution in [2.24, 2.45) is 0 Å². The minimum absolute atomic E-state index is 0.170. The van der Waals surface area contributed by atoms with Crippen LogP contribution in [0.4, 0.5) is 4.79 Å². The highest BCUT2D eigenvalue weighted by Crippen LogP contribution is 2.22. The molecule has 0 radical (unpaired) electrons. The molecule has 5 heteroatoms. The monoisotopic (exact) mass is 162 g/mol. The maximum absolute atomic E-state index is 10.4. The molecule has 1 fully saturated rings. The average molecular weight is 162 g/mol. The standard InChI is InChI=1S/C5H6O4S/c1-3(6)9-4-2-8-5(7)10-4/h4H,2H2,1H3. The van der Waals surface area contributed by atoms with E-state index in [1.165, 1.54) is 6.92 Å². The van der Waals surface area contributed by atoms with E-state index in [-0.39, 0.29) is 11.9 Å². The second-order valence-electron chi connectivity index (χ2n) is 1.72. The molecule has 1 aliphatic rings. The minimum atomic E-state index is -0.440. The van der Waals surface area contributed by atoms with Gasteiger partial charge in [0.15, 0.2) is 5.44 Å². The largest absolute Gasteiger partial charge is 0.453 e. The van der Waals surface area contributed by atoms with E-state index in [0.29, 0.717) is 0 Å². The first kappa shape index (κ1) is 7.40. The average Bonchev–Trinajstić information content (AvgIpc) is 2.13. The van der Waals surface area contributed by atoms with Crippen molar-refractivity contribution >= 4 is 23.0 Å². The molecule has 0 amide bonds. The van der Waals surface area contributed by atoms with Crippen LogP contribution in [-0.2, 0) is 14.3 Å². The zero-order valence-electron chi connectivity index (χ0n) is 5.33. The smallest absolute Gasteiger partial charge is 0.371 e. The Morgan fingerprint density at radius 2 is 2.60 bits per heavy atom. The number of hydrogen-bond acceptors (Lipinski definition) is 5. The fourth-order valence-electron chi connectivity index (χ4n) is 0.555. The van der Waals surface area contributed by atoms with Crippen LogP contribution in [0.2, 0.25) is 0 Å². The third kappa shape index (κ3) is 1.91. The summed E-state index contributed by atoms with van der Waals surface area (Å²) < 4.78 is 9.17. The van der Waals surface area contributed by atoms with Crippen molar-refractivity contribution in [3.63, 3.8) is 0 Å². The predicted molar refractivity (Wildman–Crippen MR) is 34.5 cm³/mol. The number of cyclic esters (lactones) is 1. The van der Waals surface area contributed by atoms with Crippen molar-refractivity contribution < 1.29 is 19.1 Å². The third-order valence-electron chi connectivity index (χ3n) is 0.862. The quantitative estimate of drug-likeness (QED) is 0.533. The zero-order chi connectivity index (χ0) is 7.56. The summed E-state index contributed by atoms with van der Waals surface area (Å²) in [5, 5.41) is -0.383. The maximum Gasteiger partial charge on any atom is 0.371 e. The van der Waals surface area contributed by atoms with Gasteiger partial charge in [-0.3, -0.25) is 4.79 Å². The van der Waals surface area contributed by atoms with Crippen LogP contribution in [0.25, 0.3) is 0 Å². The third-order valence-corrected chi connectivity index (χ3v) is 1.67. The number of rotatable bonds is 1. The molecule has 0 bridgehead atoms. The predicted octanol–water partition coefficient (Wildman–Crippen LogP) is 0.759. The van der Waals surface area contributed by atoms with E-state index in [4.69, 9.17) is 0 Å². The highest BCUT2D eigenvalue weighted by Gasteiger charge is 2.26.